The molecule has 11 heavy (non-hydrogen) atoms. The predicted molar refractivity (Wildman–Crippen MR) is 44.3 cm³/mol. The van der Waals surface area contributed by atoms with Gasteiger partial charge in [-0.05, 0) is 12.3 Å². The third kappa shape index (κ3) is 2.89. The first kappa shape index (κ1) is 8.53. The molecule has 0 aliphatic carbocycles. The highest BCUT2D eigenvalue weighted by molar-refractivity contribution is 5.78. The fourth-order valence-corrected chi connectivity index (χ4v) is 1.34. The first-order valence-corrected chi connectivity index (χ1v) is 4.18. The zero-order chi connectivity index (χ0) is 8.27. The van der Waals surface area contributed by atoms with Gasteiger partial charge < -0.3 is 10.6 Å². The molecule has 3 nitrogen and oxygen atoms in total. The molecule has 0 bridgehead atoms. The second kappa shape index (κ2) is 3.72. The van der Waals surface area contributed by atoms with Gasteiger partial charge in [0.2, 0.25) is 5.91 Å². The van der Waals surface area contributed by atoms with Gasteiger partial charge in [-0.1, -0.05) is 13.8 Å². The smallest absolute Gasteiger partial charge is 0.234 e. The lowest BCUT2D eigenvalue weighted by molar-refractivity contribution is -0.121. The summed E-state index contributed by atoms with van der Waals surface area (Å²) in [4.78, 5) is 10.7. The number of piperazine rings is 1. The Morgan fingerprint density at radius 2 is 2.36 bits per heavy atom. The highest BCUT2D eigenvalue weighted by Gasteiger charge is 2.17. The molecule has 0 saturated carbocycles. The molecule has 2 N–H and O–H groups in total. The van der Waals surface area contributed by atoms with Crippen molar-refractivity contribution in [1.29, 1.82) is 0 Å². The molecule has 1 aliphatic rings. The van der Waals surface area contributed by atoms with Crippen molar-refractivity contribution in [3.05, 3.63) is 0 Å². The Balaban J connectivity index is 2.22. The summed E-state index contributed by atoms with van der Waals surface area (Å²) >= 11 is 0. The maximum Gasteiger partial charge on any atom is 0.234 e. The number of nitrogens with one attached hydrogen (secondary N) is 2. The topological polar surface area (TPSA) is 41.1 Å². The average Bonchev–Trinajstić information content (AvgIpc) is 1.93. The molecule has 0 radical (unpaired) electrons. The molecular weight excluding hydrogens is 140 g/mol. The van der Waals surface area contributed by atoms with E-state index < -0.39 is 0 Å². The van der Waals surface area contributed by atoms with E-state index in [0.717, 1.165) is 13.0 Å². The van der Waals surface area contributed by atoms with Crippen LogP contribution in [0.3, 0.4) is 0 Å². The lowest BCUT2D eigenvalue weighted by Crippen LogP contribution is -2.52. The lowest BCUT2D eigenvalue weighted by Gasteiger charge is -2.25. The highest BCUT2D eigenvalue weighted by atomic mass is 16.2. The molecule has 0 aromatic carbocycles. The predicted octanol–water partition coefficient (Wildman–Crippen LogP) is 0.120. The summed E-state index contributed by atoms with van der Waals surface area (Å²) in [7, 11) is 0. The van der Waals surface area contributed by atoms with Crippen LogP contribution < -0.4 is 10.6 Å². The van der Waals surface area contributed by atoms with Crippen LogP contribution in [0, 0.1) is 5.92 Å². The number of rotatable bonds is 2. The van der Waals surface area contributed by atoms with Gasteiger partial charge in [0, 0.05) is 12.6 Å². The van der Waals surface area contributed by atoms with Crippen LogP contribution in [0.4, 0.5) is 0 Å². The standard InChI is InChI=1S/C8H16N2O/c1-6(2)3-7-4-10-8(11)5-9-7/h6-7,9H,3-5H2,1-2H3,(H,10,11)/t7-/m1/s1. The van der Waals surface area contributed by atoms with Crippen LogP contribution >= 0.6 is 0 Å². The van der Waals surface area contributed by atoms with Crippen molar-refractivity contribution < 1.29 is 4.79 Å². The van der Waals surface area contributed by atoms with Crippen LogP contribution in [0.5, 0.6) is 0 Å². The van der Waals surface area contributed by atoms with Gasteiger partial charge in [0.25, 0.3) is 0 Å². The summed E-state index contributed by atoms with van der Waals surface area (Å²) < 4.78 is 0. The molecule has 1 fully saturated rings. The van der Waals surface area contributed by atoms with Crippen LogP contribution in [-0.2, 0) is 4.79 Å². The van der Waals surface area contributed by atoms with Crippen LogP contribution in [0.25, 0.3) is 0 Å². The molecule has 1 amide bonds. The number of carbonyl (C=O) groups is 1. The van der Waals surface area contributed by atoms with Crippen LogP contribution in [-0.4, -0.2) is 25.0 Å². The fraction of sp³-hybridized carbons (Fsp3) is 0.875. The zero-order valence-corrected chi connectivity index (χ0v) is 7.18. The number of amides is 1. The van der Waals surface area contributed by atoms with Crippen LogP contribution in [0.2, 0.25) is 0 Å². The van der Waals surface area contributed by atoms with Crippen molar-refractivity contribution in [1.82, 2.24) is 10.6 Å². The SMILES string of the molecule is CC(C)C[C@@H]1CNC(=O)CN1. The van der Waals surface area contributed by atoms with E-state index in [9.17, 15) is 4.79 Å². The molecule has 64 valence electrons. The molecule has 0 spiro atoms. The van der Waals surface area contributed by atoms with Crippen molar-refractivity contribution >= 4 is 5.91 Å². The number of hydrogen-bond acceptors (Lipinski definition) is 2. The van der Waals surface area contributed by atoms with Crippen molar-refractivity contribution in [2.75, 3.05) is 13.1 Å². The summed E-state index contributed by atoms with van der Waals surface area (Å²) in [6.45, 7) is 5.66. The van der Waals surface area contributed by atoms with Crippen molar-refractivity contribution in [2.24, 2.45) is 5.92 Å². The Hall–Kier alpha value is -0.570. The van der Waals surface area contributed by atoms with Crippen molar-refractivity contribution in [3.8, 4) is 0 Å². The maximum absolute atomic E-state index is 10.7. The molecule has 1 heterocycles. The Kier molecular flexibility index (Phi) is 2.88. The summed E-state index contributed by atoms with van der Waals surface area (Å²) in [5.41, 5.74) is 0. The van der Waals surface area contributed by atoms with Gasteiger partial charge in [-0.15, -0.1) is 0 Å². The first-order chi connectivity index (χ1) is 5.18. The minimum absolute atomic E-state index is 0.116. The van der Waals surface area contributed by atoms with Gasteiger partial charge >= 0.3 is 0 Å². The Morgan fingerprint density at radius 1 is 1.64 bits per heavy atom. The summed E-state index contributed by atoms with van der Waals surface area (Å²) in [6.07, 6.45) is 1.14. The Bertz CT molecular complexity index is 135. The highest BCUT2D eigenvalue weighted by Crippen LogP contribution is 2.04. The molecule has 3 heteroatoms. The van der Waals surface area contributed by atoms with E-state index in [-0.39, 0.29) is 5.91 Å². The third-order valence-corrected chi connectivity index (χ3v) is 1.85. The monoisotopic (exact) mass is 156 g/mol. The minimum atomic E-state index is 0.116. The molecule has 1 atom stereocenters. The van der Waals surface area contributed by atoms with Gasteiger partial charge in [-0.25, -0.2) is 0 Å². The van der Waals surface area contributed by atoms with Gasteiger partial charge in [0.05, 0.1) is 6.54 Å². The van der Waals surface area contributed by atoms with E-state index >= 15 is 0 Å². The second-order valence-corrected chi connectivity index (χ2v) is 3.51. The number of hydrogen-bond donors (Lipinski definition) is 2. The third-order valence-electron chi connectivity index (χ3n) is 1.85. The Labute approximate surface area is 67.5 Å². The van der Waals surface area contributed by atoms with E-state index in [2.05, 4.69) is 24.5 Å². The van der Waals surface area contributed by atoms with E-state index in [1.54, 1.807) is 0 Å². The van der Waals surface area contributed by atoms with E-state index in [0.29, 0.717) is 18.5 Å². The summed E-state index contributed by atoms with van der Waals surface area (Å²) in [5.74, 6) is 0.813. The second-order valence-electron chi connectivity index (χ2n) is 3.51. The van der Waals surface area contributed by atoms with E-state index in [1.807, 2.05) is 0 Å². The molecule has 1 rings (SSSR count). The quantitative estimate of drug-likeness (QED) is 0.596. The maximum atomic E-state index is 10.7. The minimum Gasteiger partial charge on any atom is -0.353 e. The van der Waals surface area contributed by atoms with Gasteiger partial charge in [0.1, 0.15) is 0 Å². The van der Waals surface area contributed by atoms with E-state index in [1.165, 1.54) is 0 Å². The van der Waals surface area contributed by atoms with Crippen LogP contribution in [0.15, 0.2) is 0 Å². The largest absolute Gasteiger partial charge is 0.353 e. The Morgan fingerprint density at radius 3 is 2.82 bits per heavy atom. The molecule has 0 unspecified atom stereocenters. The van der Waals surface area contributed by atoms with Gasteiger partial charge in [-0.3, -0.25) is 4.79 Å². The summed E-state index contributed by atoms with van der Waals surface area (Å²) in [6, 6.07) is 0.479. The van der Waals surface area contributed by atoms with E-state index in [4.69, 9.17) is 0 Å². The molecule has 1 saturated heterocycles. The van der Waals surface area contributed by atoms with Crippen LogP contribution in [0.1, 0.15) is 20.3 Å². The average molecular weight is 156 g/mol. The molecule has 0 aromatic rings. The van der Waals surface area contributed by atoms with Crippen molar-refractivity contribution in [2.45, 2.75) is 26.3 Å². The van der Waals surface area contributed by atoms with Crippen molar-refractivity contribution in [3.63, 3.8) is 0 Å². The number of carbonyl (C=O) groups excluding carboxylic acids is 1. The molecular formula is C8H16N2O. The first-order valence-electron chi connectivity index (χ1n) is 4.18. The van der Waals surface area contributed by atoms with Gasteiger partial charge in [-0.2, -0.15) is 0 Å². The fourth-order valence-electron chi connectivity index (χ4n) is 1.34. The van der Waals surface area contributed by atoms with Gasteiger partial charge in [0.15, 0.2) is 0 Å². The molecule has 1 aliphatic heterocycles. The molecule has 0 aromatic heterocycles. The summed E-state index contributed by atoms with van der Waals surface area (Å²) in [5, 5.41) is 6.02. The normalized spacial score (nSPS) is 25.4. The zero-order valence-electron chi connectivity index (χ0n) is 7.18. The lowest BCUT2D eigenvalue weighted by atomic mass is 10.0.